The maximum absolute atomic E-state index is 12.8. The zero-order valence-electron chi connectivity index (χ0n) is 10.8. The van der Waals surface area contributed by atoms with Crippen molar-refractivity contribution in [1.29, 1.82) is 0 Å². The minimum atomic E-state index is -4.05. The second-order valence-corrected chi connectivity index (χ2v) is 5.82. The van der Waals surface area contributed by atoms with Crippen LogP contribution in [0.1, 0.15) is 0 Å². The van der Waals surface area contributed by atoms with Crippen molar-refractivity contribution in [3.05, 3.63) is 41.2 Å². The lowest BCUT2D eigenvalue weighted by Gasteiger charge is -2.11. The van der Waals surface area contributed by atoms with Gasteiger partial charge in [0.1, 0.15) is 5.82 Å². The van der Waals surface area contributed by atoms with E-state index in [9.17, 15) is 17.6 Å². The topological polar surface area (TPSA) is 63.7 Å². The van der Waals surface area contributed by atoms with E-state index in [0.717, 1.165) is 37.6 Å². The van der Waals surface area contributed by atoms with Crippen LogP contribution in [-0.4, -0.2) is 40.5 Å². The summed E-state index contributed by atoms with van der Waals surface area (Å²) in [6.45, 7) is 0. The van der Waals surface area contributed by atoms with Crippen LogP contribution in [0.25, 0.3) is 0 Å². The molecule has 5 nitrogen and oxygen atoms in total. The van der Waals surface area contributed by atoms with E-state index >= 15 is 0 Å². The molecule has 19 heavy (non-hydrogen) atoms. The average Bonchev–Trinajstić information content (AvgIpc) is 2.35. The number of carbonyl (C=O) groups excluding carboxylic acids is 1. The highest BCUT2D eigenvalue weighted by atomic mass is 32.2. The number of halogens is 1. The van der Waals surface area contributed by atoms with Crippen molar-refractivity contribution in [2.75, 3.05) is 21.2 Å². The molecule has 0 aromatic heterocycles. The molecule has 0 aliphatic carbocycles. The average molecular weight is 287 g/mol. The van der Waals surface area contributed by atoms with Crippen molar-refractivity contribution in [3.63, 3.8) is 0 Å². The molecule has 0 saturated carbocycles. The van der Waals surface area contributed by atoms with Gasteiger partial charge in [0, 0.05) is 20.3 Å². The van der Waals surface area contributed by atoms with Crippen LogP contribution in [0, 0.1) is 5.82 Å². The minimum absolute atomic E-state index is 0.174. The molecule has 0 spiro atoms. The van der Waals surface area contributed by atoms with Crippen LogP contribution in [0.5, 0.6) is 0 Å². The van der Waals surface area contributed by atoms with Gasteiger partial charge < -0.3 is 9.64 Å². The number of hydrogen-bond acceptors (Lipinski definition) is 5. The molecule has 0 atom stereocenters. The molecule has 0 fully saturated rings. The summed E-state index contributed by atoms with van der Waals surface area (Å²) in [6.07, 6.45) is 1.14. The van der Waals surface area contributed by atoms with Gasteiger partial charge in [0.2, 0.25) is 9.84 Å². The molecule has 1 aromatic carbocycles. The van der Waals surface area contributed by atoms with Crippen molar-refractivity contribution < 1.29 is 22.3 Å². The zero-order chi connectivity index (χ0) is 14.6. The Morgan fingerprint density at radius 1 is 1.26 bits per heavy atom. The largest absolute Gasteiger partial charge is 0.465 e. The number of carbonyl (C=O) groups is 1. The number of methoxy groups -OCH3 is 1. The lowest BCUT2D eigenvalue weighted by molar-refractivity contribution is -0.135. The molecule has 1 rings (SSSR count). The van der Waals surface area contributed by atoms with Gasteiger partial charge in [0.25, 0.3) is 0 Å². The maximum Gasteiger partial charge on any atom is 0.351 e. The fourth-order valence-corrected chi connectivity index (χ4v) is 2.71. The maximum atomic E-state index is 12.8. The number of rotatable bonds is 4. The Kier molecular flexibility index (Phi) is 4.66. The summed E-state index contributed by atoms with van der Waals surface area (Å²) < 4.78 is 41.8. The third-order valence-corrected chi connectivity index (χ3v) is 3.92. The summed E-state index contributed by atoms with van der Waals surface area (Å²) in [5, 5.41) is 0. The Labute approximate surface area is 111 Å². The lowest BCUT2D eigenvalue weighted by Crippen LogP contribution is -2.18. The smallest absolute Gasteiger partial charge is 0.351 e. The quantitative estimate of drug-likeness (QED) is 0.472. The number of sulfone groups is 1. The van der Waals surface area contributed by atoms with Crippen LogP contribution in [0.3, 0.4) is 0 Å². The molecule has 0 N–H and O–H groups in total. The van der Waals surface area contributed by atoms with E-state index in [4.69, 9.17) is 0 Å². The Balaban J connectivity index is 3.36. The first kappa shape index (κ1) is 15.2. The molecule has 0 amide bonds. The molecule has 0 unspecified atom stereocenters. The summed E-state index contributed by atoms with van der Waals surface area (Å²) in [6, 6.07) is 4.21. The SMILES string of the molecule is COC(=O)/C(=C\N(C)C)S(=O)(=O)c1ccc(F)cc1. The summed E-state index contributed by atoms with van der Waals surface area (Å²) in [4.78, 5) is 12.3. The monoisotopic (exact) mass is 287 g/mol. The van der Waals surface area contributed by atoms with Crippen LogP contribution in [0.2, 0.25) is 0 Å². The molecule has 104 valence electrons. The van der Waals surface area contributed by atoms with E-state index in [0.29, 0.717) is 0 Å². The summed E-state index contributed by atoms with van der Waals surface area (Å²) >= 11 is 0. The van der Waals surface area contributed by atoms with E-state index in [-0.39, 0.29) is 4.90 Å². The van der Waals surface area contributed by atoms with Crippen LogP contribution in [0.4, 0.5) is 4.39 Å². The second-order valence-electron chi connectivity index (χ2n) is 3.91. The number of nitrogens with zero attached hydrogens (tertiary/aromatic N) is 1. The van der Waals surface area contributed by atoms with Gasteiger partial charge in [0.15, 0.2) is 4.91 Å². The summed E-state index contributed by atoms with van der Waals surface area (Å²) in [5.74, 6) is -1.53. The molecular formula is C12H14FNO4S. The molecule has 0 radical (unpaired) electrons. The number of ether oxygens (including phenoxy) is 1. The van der Waals surface area contributed by atoms with Gasteiger partial charge in [0.05, 0.1) is 12.0 Å². The van der Waals surface area contributed by atoms with Crippen molar-refractivity contribution in [1.82, 2.24) is 4.90 Å². The Morgan fingerprint density at radius 2 is 1.79 bits per heavy atom. The van der Waals surface area contributed by atoms with E-state index in [1.54, 1.807) is 14.1 Å². The molecule has 0 heterocycles. The molecule has 0 aliphatic heterocycles. The first-order valence-electron chi connectivity index (χ1n) is 5.26. The van der Waals surface area contributed by atoms with Gasteiger partial charge in [-0.15, -0.1) is 0 Å². The van der Waals surface area contributed by atoms with Crippen molar-refractivity contribution >= 4 is 15.8 Å². The first-order valence-corrected chi connectivity index (χ1v) is 6.74. The van der Waals surface area contributed by atoms with Gasteiger partial charge in [-0.3, -0.25) is 0 Å². The molecular weight excluding hydrogens is 273 g/mol. The highest BCUT2D eigenvalue weighted by Crippen LogP contribution is 2.20. The van der Waals surface area contributed by atoms with E-state index in [2.05, 4.69) is 4.74 Å². The predicted molar refractivity (Wildman–Crippen MR) is 67.4 cm³/mol. The zero-order valence-corrected chi connectivity index (χ0v) is 11.6. The van der Waals surface area contributed by atoms with Gasteiger partial charge in [-0.1, -0.05) is 0 Å². The first-order chi connectivity index (χ1) is 8.78. The van der Waals surface area contributed by atoms with Crippen LogP contribution in [0.15, 0.2) is 40.3 Å². The van der Waals surface area contributed by atoms with Crippen LogP contribution >= 0.6 is 0 Å². The van der Waals surface area contributed by atoms with E-state index in [1.165, 1.54) is 4.90 Å². The van der Waals surface area contributed by atoms with E-state index < -0.39 is 26.5 Å². The minimum Gasteiger partial charge on any atom is -0.465 e. The second kappa shape index (κ2) is 5.83. The third-order valence-electron chi connectivity index (χ3n) is 2.18. The molecule has 0 saturated heterocycles. The van der Waals surface area contributed by atoms with Gasteiger partial charge >= 0.3 is 5.97 Å². The number of hydrogen-bond donors (Lipinski definition) is 0. The summed E-state index contributed by atoms with van der Waals surface area (Å²) in [5.41, 5.74) is 0. The Hall–Kier alpha value is -1.89. The molecule has 0 aliphatic rings. The standard InChI is InChI=1S/C12H14FNO4S/c1-14(2)8-11(12(15)18-3)19(16,17)10-6-4-9(13)5-7-10/h4-8H,1-3H3/b11-8+. The lowest BCUT2D eigenvalue weighted by atomic mass is 10.4. The van der Waals surface area contributed by atoms with Crippen molar-refractivity contribution in [2.24, 2.45) is 0 Å². The number of benzene rings is 1. The van der Waals surface area contributed by atoms with Crippen LogP contribution in [-0.2, 0) is 19.4 Å². The fourth-order valence-electron chi connectivity index (χ4n) is 1.31. The Bertz CT molecular complexity index is 591. The van der Waals surface area contributed by atoms with Crippen molar-refractivity contribution in [3.8, 4) is 0 Å². The van der Waals surface area contributed by atoms with Gasteiger partial charge in [-0.25, -0.2) is 17.6 Å². The number of esters is 1. The highest BCUT2D eigenvalue weighted by molar-refractivity contribution is 7.96. The normalized spacial score (nSPS) is 12.1. The fraction of sp³-hybridized carbons (Fsp3) is 0.250. The highest BCUT2D eigenvalue weighted by Gasteiger charge is 2.28. The van der Waals surface area contributed by atoms with Gasteiger partial charge in [-0.2, -0.15) is 0 Å². The van der Waals surface area contributed by atoms with Crippen LogP contribution < -0.4 is 0 Å². The molecule has 7 heteroatoms. The summed E-state index contributed by atoms with van der Waals surface area (Å²) in [7, 11) is 0.188. The van der Waals surface area contributed by atoms with Gasteiger partial charge in [-0.05, 0) is 24.3 Å². The predicted octanol–water partition coefficient (Wildman–Crippen LogP) is 1.18. The Morgan fingerprint density at radius 3 is 2.21 bits per heavy atom. The third kappa shape index (κ3) is 3.54. The van der Waals surface area contributed by atoms with Crippen molar-refractivity contribution in [2.45, 2.75) is 4.90 Å². The van der Waals surface area contributed by atoms with E-state index in [1.807, 2.05) is 0 Å². The molecule has 0 bridgehead atoms. The molecule has 1 aromatic rings.